The summed E-state index contributed by atoms with van der Waals surface area (Å²) in [4.78, 5) is 11.8. The molecule has 1 aromatic heterocycles. The van der Waals surface area contributed by atoms with Crippen molar-refractivity contribution < 1.29 is 9.53 Å². The van der Waals surface area contributed by atoms with Gasteiger partial charge in [0.05, 0.1) is 6.20 Å². The highest BCUT2D eigenvalue weighted by Crippen LogP contribution is 2.17. The highest BCUT2D eigenvalue weighted by molar-refractivity contribution is 5.67. The second-order valence-electron chi connectivity index (χ2n) is 7.30. The molecular weight excluding hydrogens is 280 g/mol. The van der Waals surface area contributed by atoms with Gasteiger partial charge in [-0.15, -0.1) is 0 Å². The normalized spacial score (nSPS) is 14.7. The molecule has 22 heavy (non-hydrogen) atoms. The maximum atomic E-state index is 11.8. The van der Waals surface area contributed by atoms with Gasteiger partial charge in [-0.1, -0.05) is 13.8 Å². The van der Waals surface area contributed by atoms with Gasteiger partial charge in [0.2, 0.25) is 0 Å². The number of hydrogen-bond donors (Lipinski definition) is 3. The van der Waals surface area contributed by atoms with E-state index in [9.17, 15) is 4.79 Å². The fourth-order valence-electron chi connectivity index (χ4n) is 1.89. The van der Waals surface area contributed by atoms with Crippen LogP contribution in [-0.4, -0.2) is 34.0 Å². The fourth-order valence-corrected chi connectivity index (χ4v) is 1.89. The van der Waals surface area contributed by atoms with Crippen LogP contribution in [0.25, 0.3) is 0 Å². The topological polar surface area (TPSA) is 79.0 Å². The van der Waals surface area contributed by atoms with E-state index in [1.165, 1.54) is 0 Å². The summed E-state index contributed by atoms with van der Waals surface area (Å²) in [6, 6.07) is 0. The van der Waals surface area contributed by atoms with Gasteiger partial charge in [-0.3, -0.25) is 5.10 Å². The molecule has 3 N–H and O–H groups in total. The molecule has 0 fully saturated rings. The van der Waals surface area contributed by atoms with Crippen molar-refractivity contribution in [2.45, 2.75) is 66.2 Å². The lowest BCUT2D eigenvalue weighted by Gasteiger charge is -2.35. The van der Waals surface area contributed by atoms with Crippen LogP contribution in [0.15, 0.2) is 6.20 Å². The molecule has 0 spiro atoms. The van der Waals surface area contributed by atoms with Crippen LogP contribution < -0.4 is 10.6 Å². The zero-order valence-electron chi connectivity index (χ0n) is 14.8. The largest absolute Gasteiger partial charge is 0.444 e. The van der Waals surface area contributed by atoms with Crippen molar-refractivity contribution in [3.8, 4) is 0 Å². The number of aryl methyl sites for hydroxylation is 1. The van der Waals surface area contributed by atoms with Gasteiger partial charge in [0, 0.05) is 29.9 Å². The van der Waals surface area contributed by atoms with Crippen molar-refractivity contribution in [3.05, 3.63) is 17.5 Å². The predicted molar refractivity (Wildman–Crippen MR) is 87.6 cm³/mol. The minimum atomic E-state index is -0.486. The number of hydrogen-bond acceptors (Lipinski definition) is 4. The number of alkyl carbamates (subject to hydrolysis) is 1. The molecule has 0 unspecified atom stereocenters. The number of ether oxygens (including phenoxy) is 1. The van der Waals surface area contributed by atoms with Crippen molar-refractivity contribution in [1.82, 2.24) is 20.8 Å². The molecule has 1 rings (SSSR count). The Hall–Kier alpha value is -1.56. The van der Waals surface area contributed by atoms with Crippen molar-refractivity contribution in [2.75, 3.05) is 6.54 Å². The summed E-state index contributed by atoms with van der Waals surface area (Å²) in [5.74, 6) is 0.342. The summed E-state index contributed by atoms with van der Waals surface area (Å²) in [6.45, 7) is 15.1. The number of rotatable bonds is 6. The van der Waals surface area contributed by atoms with E-state index in [0.717, 1.165) is 11.3 Å². The van der Waals surface area contributed by atoms with E-state index in [2.05, 4.69) is 41.6 Å². The van der Waals surface area contributed by atoms with Crippen LogP contribution in [0.4, 0.5) is 4.79 Å². The Balaban J connectivity index is 2.59. The number of nitrogens with one attached hydrogen (secondary N) is 3. The van der Waals surface area contributed by atoms with Crippen LogP contribution in [-0.2, 0) is 11.3 Å². The van der Waals surface area contributed by atoms with E-state index in [1.807, 2.05) is 33.9 Å². The monoisotopic (exact) mass is 310 g/mol. The Bertz CT molecular complexity index is 491. The van der Waals surface area contributed by atoms with E-state index in [0.29, 0.717) is 19.0 Å². The predicted octanol–water partition coefficient (Wildman–Crippen LogP) is 2.75. The average molecular weight is 310 g/mol. The fraction of sp³-hybridized carbons (Fsp3) is 0.750. The Morgan fingerprint density at radius 1 is 1.36 bits per heavy atom. The second-order valence-corrected chi connectivity index (χ2v) is 7.30. The third-order valence-electron chi connectivity index (χ3n) is 3.89. The number of H-pyrrole nitrogens is 1. The molecule has 0 aromatic carbocycles. The molecule has 126 valence electrons. The summed E-state index contributed by atoms with van der Waals surface area (Å²) in [7, 11) is 0. The van der Waals surface area contributed by atoms with Crippen LogP contribution in [0.2, 0.25) is 0 Å². The molecule has 0 saturated carbocycles. The Labute approximate surface area is 133 Å². The molecule has 1 atom stereocenters. The maximum absolute atomic E-state index is 11.8. The Morgan fingerprint density at radius 2 is 2.00 bits per heavy atom. The van der Waals surface area contributed by atoms with Gasteiger partial charge in [0.25, 0.3) is 0 Å². The molecule has 1 amide bonds. The molecular formula is C16H30N4O2. The minimum Gasteiger partial charge on any atom is -0.444 e. The summed E-state index contributed by atoms with van der Waals surface area (Å²) < 4.78 is 5.29. The van der Waals surface area contributed by atoms with Gasteiger partial charge in [0.1, 0.15) is 5.60 Å². The number of nitrogens with zero attached hydrogens (tertiary/aromatic N) is 1. The summed E-state index contributed by atoms with van der Waals surface area (Å²) in [5, 5.41) is 13.3. The van der Waals surface area contributed by atoms with Gasteiger partial charge in [0.15, 0.2) is 0 Å². The summed E-state index contributed by atoms with van der Waals surface area (Å²) in [5.41, 5.74) is 1.46. The lowest BCUT2D eigenvalue weighted by atomic mass is 9.88. The smallest absolute Gasteiger partial charge is 0.407 e. The van der Waals surface area contributed by atoms with Gasteiger partial charge in [-0.05, 0) is 40.5 Å². The minimum absolute atomic E-state index is 0.236. The molecule has 0 radical (unpaired) electrons. The second kappa shape index (κ2) is 7.13. The van der Waals surface area contributed by atoms with E-state index >= 15 is 0 Å². The van der Waals surface area contributed by atoms with Gasteiger partial charge < -0.3 is 15.4 Å². The van der Waals surface area contributed by atoms with Crippen LogP contribution >= 0.6 is 0 Å². The van der Waals surface area contributed by atoms with Gasteiger partial charge in [-0.25, -0.2) is 4.79 Å². The van der Waals surface area contributed by atoms with Gasteiger partial charge in [-0.2, -0.15) is 5.10 Å². The maximum Gasteiger partial charge on any atom is 0.407 e. The number of carbonyl (C=O) groups is 1. The SMILES string of the molecule is Cc1[nH]ncc1CN[C@](C)(CNC(=O)OC(C)(C)C)C(C)C. The van der Waals surface area contributed by atoms with Crippen molar-refractivity contribution in [1.29, 1.82) is 0 Å². The third kappa shape index (κ3) is 5.67. The highest BCUT2D eigenvalue weighted by atomic mass is 16.6. The number of amides is 1. The first-order valence-electron chi connectivity index (χ1n) is 7.74. The lowest BCUT2D eigenvalue weighted by molar-refractivity contribution is 0.0503. The molecule has 0 saturated heterocycles. The average Bonchev–Trinajstić information content (AvgIpc) is 2.77. The first-order valence-corrected chi connectivity index (χ1v) is 7.74. The molecule has 0 bridgehead atoms. The van der Waals surface area contributed by atoms with Crippen molar-refractivity contribution in [3.63, 3.8) is 0 Å². The van der Waals surface area contributed by atoms with Crippen molar-refractivity contribution >= 4 is 6.09 Å². The molecule has 6 nitrogen and oxygen atoms in total. The number of carbonyl (C=O) groups excluding carboxylic acids is 1. The molecule has 1 heterocycles. The first kappa shape index (κ1) is 18.5. The molecule has 0 aliphatic heterocycles. The third-order valence-corrected chi connectivity index (χ3v) is 3.89. The summed E-state index contributed by atoms with van der Waals surface area (Å²) in [6.07, 6.45) is 1.44. The lowest BCUT2D eigenvalue weighted by Crippen LogP contribution is -2.55. The van der Waals surface area contributed by atoms with Gasteiger partial charge >= 0.3 is 6.09 Å². The standard InChI is InChI=1S/C16H30N4O2/c1-11(2)16(7,10-17-14(21)22-15(4,5)6)18-8-13-9-19-20-12(13)3/h9,11,18H,8,10H2,1-7H3,(H,17,21)(H,19,20)/t16-/m1/s1. The molecule has 0 aliphatic rings. The van der Waals surface area contributed by atoms with Crippen LogP contribution in [0.5, 0.6) is 0 Å². The van der Waals surface area contributed by atoms with E-state index in [1.54, 1.807) is 0 Å². The van der Waals surface area contributed by atoms with Crippen LogP contribution in [0.3, 0.4) is 0 Å². The molecule has 1 aromatic rings. The quantitative estimate of drug-likeness (QED) is 0.755. The van der Waals surface area contributed by atoms with Crippen LogP contribution in [0.1, 0.15) is 52.8 Å². The number of aromatic amines is 1. The zero-order valence-corrected chi connectivity index (χ0v) is 14.8. The Morgan fingerprint density at radius 3 is 2.45 bits per heavy atom. The first-order chi connectivity index (χ1) is 10.0. The highest BCUT2D eigenvalue weighted by Gasteiger charge is 2.29. The zero-order chi connectivity index (χ0) is 17.0. The van der Waals surface area contributed by atoms with E-state index in [-0.39, 0.29) is 11.6 Å². The van der Waals surface area contributed by atoms with E-state index < -0.39 is 5.60 Å². The Kier molecular flexibility index (Phi) is 6.00. The van der Waals surface area contributed by atoms with E-state index in [4.69, 9.17) is 4.74 Å². The summed E-state index contributed by atoms with van der Waals surface area (Å²) >= 11 is 0. The van der Waals surface area contributed by atoms with Crippen molar-refractivity contribution in [2.24, 2.45) is 5.92 Å². The molecule has 0 aliphatic carbocycles. The van der Waals surface area contributed by atoms with Crippen LogP contribution in [0, 0.1) is 12.8 Å². The molecule has 6 heteroatoms. The number of aromatic nitrogens is 2.